The van der Waals surface area contributed by atoms with Gasteiger partial charge in [0.1, 0.15) is 9.84 Å². The number of nitrogens with zero attached hydrogens (tertiary/aromatic N) is 1. The van der Waals surface area contributed by atoms with Crippen LogP contribution in [0.4, 0.5) is 0 Å². The van der Waals surface area contributed by atoms with E-state index in [2.05, 4.69) is 41.4 Å². The molecule has 0 radical (unpaired) electrons. The molecule has 1 heterocycles. The SMILES string of the molecule is CCC1CN(CCS(C)(=O)=O)C(Cc2ccccc2)CN1. The molecule has 4 nitrogen and oxygen atoms in total. The molecule has 2 atom stereocenters. The highest BCUT2D eigenvalue weighted by Gasteiger charge is 2.27. The summed E-state index contributed by atoms with van der Waals surface area (Å²) in [6.45, 7) is 4.67. The molecule has 1 fully saturated rings. The number of piperazine rings is 1. The Morgan fingerprint density at radius 1 is 1.29 bits per heavy atom. The fraction of sp³-hybridized carbons (Fsp3) is 0.625. The van der Waals surface area contributed by atoms with Crippen molar-refractivity contribution in [2.45, 2.75) is 31.8 Å². The van der Waals surface area contributed by atoms with Gasteiger partial charge in [-0.1, -0.05) is 37.3 Å². The van der Waals surface area contributed by atoms with Crippen LogP contribution >= 0.6 is 0 Å². The number of rotatable bonds is 6. The standard InChI is InChI=1S/C16H26N2O2S/c1-3-15-13-18(9-10-21(2,19)20)16(12-17-15)11-14-7-5-4-6-8-14/h4-8,15-17H,3,9-13H2,1-2H3. The van der Waals surface area contributed by atoms with Crippen molar-refractivity contribution in [3.8, 4) is 0 Å². The number of sulfone groups is 1. The Morgan fingerprint density at radius 2 is 2.00 bits per heavy atom. The Morgan fingerprint density at radius 3 is 2.62 bits per heavy atom. The maximum absolute atomic E-state index is 11.4. The third-order valence-electron chi connectivity index (χ3n) is 4.17. The largest absolute Gasteiger partial charge is 0.311 e. The van der Waals surface area contributed by atoms with Crippen molar-refractivity contribution in [2.75, 3.05) is 31.6 Å². The van der Waals surface area contributed by atoms with Crippen LogP contribution in [0.3, 0.4) is 0 Å². The first kappa shape index (κ1) is 16.5. The normalized spacial score (nSPS) is 24.1. The molecule has 1 aromatic carbocycles. The second-order valence-corrected chi connectivity index (χ2v) is 8.24. The lowest BCUT2D eigenvalue weighted by atomic mass is 10.0. The summed E-state index contributed by atoms with van der Waals surface area (Å²) < 4.78 is 22.9. The van der Waals surface area contributed by atoms with Crippen molar-refractivity contribution < 1.29 is 8.42 Å². The second-order valence-electron chi connectivity index (χ2n) is 5.98. The third kappa shape index (κ3) is 5.41. The zero-order valence-electron chi connectivity index (χ0n) is 13.0. The monoisotopic (exact) mass is 310 g/mol. The number of hydrogen-bond donors (Lipinski definition) is 1. The van der Waals surface area contributed by atoms with E-state index in [1.54, 1.807) is 0 Å². The zero-order valence-corrected chi connectivity index (χ0v) is 13.8. The van der Waals surface area contributed by atoms with Gasteiger partial charge in [-0.25, -0.2) is 8.42 Å². The van der Waals surface area contributed by atoms with Gasteiger partial charge in [-0.05, 0) is 18.4 Å². The Kier molecular flexibility index (Phi) is 5.79. The summed E-state index contributed by atoms with van der Waals surface area (Å²) in [6, 6.07) is 11.3. The average molecular weight is 310 g/mol. The van der Waals surface area contributed by atoms with E-state index >= 15 is 0 Å². The van der Waals surface area contributed by atoms with Crippen molar-refractivity contribution in [1.82, 2.24) is 10.2 Å². The second kappa shape index (κ2) is 7.38. The van der Waals surface area contributed by atoms with Crippen molar-refractivity contribution in [2.24, 2.45) is 0 Å². The first-order valence-corrected chi connectivity index (χ1v) is 9.73. The van der Waals surface area contributed by atoms with Crippen LogP contribution in [0.15, 0.2) is 30.3 Å². The van der Waals surface area contributed by atoms with Gasteiger partial charge in [0.15, 0.2) is 0 Å². The molecule has 0 aromatic heterocycles. The van der Waals surface area contributed by atoms with Crippen LogP contribution in [0.5, 0.6) is 0 Å². The van der Waals surface area contributed by atoms with E-state index in [9.17, 15) is 8.42 Å². The summed E-state index contributed by atoms with van der Waals surface area (Å²) in [7, 11) is -2.91. The first-order valence-electron chi connectivity index (χ1n) is 7.67. The van der Waals surface area contributed by atoms with E-state index in [4.69, 9.17) is 0 Å². The van der Waals surface area contributed by atoms with E-state index in [1.807, 2.05) is 6.07 Å². The van der Waals surface area contributed by atoms with Crippen LogP contribution in [0, 0.1) is 0 Å². The molecule has 21 heavy (non-hydrogen) atoms. The number of nitrogens with one attached hydrogen (secondary N) is 1. The van der Waals surface area contributed by atoms with Crippen LogP contribution in [-0.4, -0.2) is 57.0 Å². The molecule has 0 bridgehead atoms. The maximum atomic E-state index is 11.4. The van der Waals surface area contributed by atoms with Gasteiger partial charge >= 0.3 is 0 Å². The highest BCUT2D eigenvalue weighted by Crippen LogP contribution is 2.14. The Balaban J connectivity index is 2.02. The number of hydrogen-bond acceptors (Lipinski definition) is 4. The topological polar surface area (TPSA) is 49.4 Å². The van der Waals surface area contributed by atoms with Gasteiger partial charge in [-0.2, -0.15) is 0 Å². The minimum Gasteiger partial charge on any atom is -0.311 e. The molecule has 1 N–H and O–H groups in total. The molecule has 1 saturated heterocycles. The summed E-state index contributed by atoms with van der Waals surface area (Å²) in [5.74, 6) is 0.245. The van der Waals surface area contributed by atoms with E-state index in [1.165, 1.54) is 11.8 Å². The quantitative estimate of drug-likeness (QED) is 0.861. The van der Waals surface area contributed by atoms with Crippen LogP contribution in [0.2, 0.25) is 0 Å². The highest BCUT2D eigenvalue weighted by molar-refractivity contribution is 7.90. The van der Waals surface area contributed by atoms with Crippen LogP contribution in [0.1, 0.15) is 18.9 Å². The molecular weight excluding hydrogens is 284 g/mol. The van der Waals surface area contributed by atoms with Crippen molar-refractivity contribution in [1.29, 1.82) is 0 Å². The van der Waals surface area contributed by atoms with E-state index in [0.717, 1.165) is 25.9 Å². The summed E-state index contributed by atoms with van der Waals surface area (Å²) in [6.07, 6.45) is 3.36. The van der Waals surface area contributed by atoms with Crippen molar-refractivity contribution >= 4 is 9.84 Å². The van der Waals surface area contributed by atoms with E-state index in [-0.39, 0.29) is 5.75 Å². The van der Waals surface area contributed by atoms with Gasteiger partial charge in [0, 0.05) is 38.0 Å². The van der Waals surface area contributed by atoms with Crippen LogP contribution in [-0.2, 0) is 16.3 Å². The Hall–Kier alpha value is -0.910. The third-order valence-corrected chi connectivity index (χ3v) is 5.09. The summed E-state index contributed by atoms with van der Waals surface area (Å²) in [4.78, 5) is 2.35. The Labute approximate surface area is 128 Å². The van der Waals surface area contributed by atoms with Gasteiger partial charge in [-0.3, -0.25) is 4.90 Å². The average Bonchev–Trinajstić information content (AvgIpc) is 2.46. The molecule has 1 aromatic rings. The lowest BCUT2D eigenvalue weighted by Crippen LogP contribution is -2.57. The zero-order chi connectivity index (χ0) is 15.3. The van der Waals surface area contributed by atoms with Gasteiger partial charge < -0.3 is 5.32 Å². The molecule has 2 rings (SSSR count). The van der Waals surface area contributed by atoms with Crippen molar-refractivity contribution in [3.63, 3.8) is 0 Å². The predicted octanol–water partition coefficient (Wildman–Crippen LogP) is 1.33. The minimum absolute atomic E-state index is 0.245. The molecule has 0 amide bonds. The summed E-state index contributed by atoms with van der Waals surface area (Å²) >= 11 is 0. The maximum Gasteiger partial charge on any atom is 0.148 e. The summed E-state index contributed by atoms with van der Waals surface area (Å²) in [5.41, 5.74) is 1.31. The van der Waals surface area contributed by atoms with Crippen molar-refractivity contribution in [3.05, 3.63) is 35.9 Å². The smallest absolute Gasteiger partial charge is 0.148 e. The van der Waals surface area contributed by atoms with Gasteiger partial charge in [0.2, 0.25) is 0 Å². The molecule has 0 aliphatic carbocycles. The first-order chi connectivity index (χ1) is 9.98. The van der Waals surface area contributed by atoms with E-state index < -0.39 is 9.84 Å². The van der Waals surface area contributed by atoms with Crippen LogP contribution < -0.4 is 5.32 Å². The molecule has 118 valence electrons. The fourth-order valence-corrected chi connectivity index (χ4v) is 3.41. The van der Waals surface area contributed by atoms with Gasteiger partial charge in [0.05, 0.1) is 5.75 Å². The molecule has 0 saturated carbocycles. The lowest BCUT2D eigenvalue weighted by molar-refractivity contribution is 0.135. The summed E-state index contributed by atoms with van der Waals surface area (Å²) in [5, 5.41) is 3.58. The molecular formula is C16H26N2O2S. The fourth-order valence-electron chi connectivity index (χ4n) is 2.85. The lowest BCUT2D eigenvalue weighted by Gasteiger charge is -2.40. The minimum atomic E-state index is -2.91. The van der Waals surface area contributed by atoms with Gasteiger partial charge in [0.25, 0.3) is 0 Å². The number of benzene rings is 1. The predicted molar refractivity (Wildman–Crippen MR) is 87.3 cm³/mol. The Bertz CT molecular complexity index is 530. The van der Waals surface area contributed by atoms with E-state index in [0.29, 0.717) is 18.6 Å². The van der Waals surface area contributed by atoms with Gasteiger partial charge in [-0.15, -0.1) is 0 Å². The molecule has 0 spiro atoms. The highest BCUT2D eigenvalue weighted by atomic mass is 32.2. The molecule has 1 aliphatic rings. The molecule has 2 unspecified atom stereocenters. The molecule has 1 aliphatic heterocycles. The molecule has 5 heteroatoms. The van der Waals surface area contributed by atoms with Crippen LogP contribution in [0.25, 0.3) is 0 Å².